The third-order valence-corrected chi connectivity index (χ3v) is 4.23. The van der Waals surface area contributed by atoms with Gasteiger partial charge in [-0.2, -0.15) is 0 Å². The van der Waals surface area contributed by atoms with Gasteiger partial charge in [-0.1, -0.05) is 12.1 Å². The number of imide groups is 1. The van der Waals surface area contributed by atoms with Crippen LogP contribution in [0.4, 0.5) is 10.6 Å². The minimum Gasteiger partial charge on any atom is -0.493 e. The van der Waals surface area contributed by atoms with E-state index in [1.807, 2.05) is 0 Å². The summed E-state index contributed by atoms with van der Waals surface area (Å²) in [4.78, 5) is 39.1. The molecule has 27 heavy (non-hydrogen) atoms. The summed E-state index contributed by atoms with van der Waals surface area (Å²) in [6.45, 7) is -0.222. The molecule has 1 aliphatic rings. The highest BCUT2D eigenvalue weighted by molar-refractivity contribution is 8.18. The van der Waals surface area contributed by atoms with E-state index < -0.39 is 11.1 Å². The maximum absolute atomic E-state index is 11.9. The van der Waals surface area contributed by atoms with E-state index in [-0.39, 0.29) is 12.5 Å². The minimum absolute atomic E-state index is 0.222. The molecule has 3 rings (SSSR count). The van der Waals surface area contributed by atoms with Crippen LogP contribution in [0, 0.1) is 0 Å². The Labute approximate surface area is 159 Å². The number of methoxy groups -OCH3 is 1. The fourth-order valence-electron chi connectivity index (χ4n) is 2.22. The topological polar surface area (TPSA) is 107 Å². The van der Waals surface area contributed by atoms with E-state index in [2.05, 4.69) is 15.6 Å². The number of nitrogens with zero attached hydrogens (tertiary/aromatic N) is 1. The van der Waals surface area contributed by atoms with Crippen molar-refractivity contribution in [2.75, 3.05) is 19.0 Å². The van der Waals surface area contributed by atoms with Crippen LogP contribution < -0.4 is 20.1 Å². The van der Waals surface area contributed by atoms with Crippen molar-refractivity contribution in [2.45, 2.75) is 0 Å². The van der Waals surface area contributed by atoms with E-state index in [0.717, 1.165) is 11.8 Å². The van der Waals surface area contributed by atoms with Gasteiger partial charge in [0.05, 0.1) is 12.0 Å². The molecule has 8 nitrogen and oxygen atoms in total. The Morgan fingerprint density at radius 2 is 2.11 bits per heavy atom. The summed E-state index contributed by atoms with van der Waals surface area (Å²) in [6.07, 6.45) is 3.15. The van der Waals surface area contributed by atoms with Gasteiger partial charge in [-0.15, -0.1) is 0 Å². The molecule has 1 aromatic heterocycles. The second-order valence-corrected chi connectivity index (χ2v) is 6.33. The monoisotopic (exact) mass is 385 g/mol. The first-order valence-corrected chi connectivity index (χ1v) is 8.63. The summed E-state index contributed by atoms with van der Waals surface area (Å²) in [6, 6.07) is 10.1. The molecule has 0 unspecified atom stereocenters. The van der Waals surface area contributed by atoms with Crippen molar-refractivity contribution in [1.29, 1.82) is 0 Å². The zero-order valence-corrected chi connectivity index (χ0v) is 15.0. The molecule has 1 aromatic carbocycles. The van der Waals surface area contributed by atoms with E-state index in [4.69, 9.17) is 9.47 Å². The number of benzene rings is 1. The van der Waals surface area contributed by atoms with Crippen LogP contribution in [-0.2, 0) is 9.59 Å². The molecule has 0 spiro atoms. The highest BCUT2D eigenvalue weighted by Gasteiger charge is 2.25. The van der Waals surface area contributed by atoms with E-state index in [1.165, 1.54) is 7.11 Å². The van der Waals surface area contributed by atoms with Gasteiger partial charge in [-0.05, 0) is 47.7 Å². The number of anilines is 1. The minimum atomic E-state index is -0.435. The van der Waals surface area contributed by atoms with Crippen molar-refractivity contribution in [3.63, 3.8) is 0 Å². The Morgan fingerprint density at radius 1 is 1.26 bits per heavy atom. The molecule has 1 saturated heterocycles. The lowest BCUT2D eigenvalue weighted by atomic mass is 10.2. The number of carbonyl (C=O) groups excluding carboxylic acids is 3. The van der Waals surface area contributed by atoms with E-state index in [0.29, 0.717) is 27.8 Å². The second-order valence-electron chi connectivity index (χ2n) is 5.31. The number of pyridine rings is 1. The van der Waals surface area contributed by atoms with Crippen LogP contribution in [-0.4, -0.2) is 35.8 Å². The van der Waals surface area contributed by atoms with Crippen molar-refractivity contribution in [3.8, 4) is 11.5 Å². The first kappa shape index (κ1) is 18.5. The molecule has 9 heteroatoms. The number of nitrogens with one attached hydrogen (secondary N) is 2. The van der Waals surface area contributed by atoms with Crippen LogP contribution in [0.2, 0.25) is 0 Å². The molecule has 0 aliphatic carbocycles. The standard InChI is InChI=1S/C18H15N3O5S/c1-25-13-8-11(9-14-17(23)21-18(24)27-14)5-6-12(13)26-10-16(22)20-15-4-2-3-7-19-15/h2-9H,10H2,1H3,(H,19,20,22)(H,21,23,24)/b14-9+. The SMILES string of the molecule is COc1cc(/C=C2/SC(=O)NC2=O)ccc1OCC(=O)Nc1ccccn1. The van der Waals surface area contributed by atoms with Gasteiger partial charge in [0.15, 0.2) is 18.1 Å². The van der Waals surface area contributed by atoms with Crippen LogP contribution in [0.5, 0.6) is 11.5 Å². The zero-order valence-electron chi connectivity index (χ0n) is 14.2. The lowest BCUT2D eigenvalue weighted by molar-refractivity contribution is -0.118. The Kier molecular flexibility index (Phi) is 5.72. The Bertz CT molecular complexity index is 914. The van der Waals surface area contributed by atoms with Gasteiger partial charge in [0, 0.05) is 6.20 Å². The van der Waals surface area contributed by atoms with Gasteiger partial charge in [-0.25, -0.2) is 4.98 Å². The van der Waals surface area contributed by atoms with Gasteiger partial charge in [0.25, 0.3) is 17.1 Å². The molecule has 138 valence electrons. The Balaban J connectivity index is 1.66. The average molecular weight is 385 g/mol. The second kappa shape index (κ2) is 8.37. The summed E-state index contributed by atoms with van der Waals surface area (Å²) >= 11 is 0.832. The molecule has 1 fully saturated rings. The first-order chi connectivity index (χ1) is 13.0. The maximum atomic E-state index is 11.9. The van der Waals surface area contributed by atoms with Gasteiger partial charge >= 0.3 is 0 Å². The molecular weight excluding hydrogens is 370 g/mol. The molecular formula is C18H15N3O5S. The van der Waals surface area contributed by atoms with Gasteiger partial charge < -0.3 is 14.8 Å². The lowest BCUT2D eigenvalue weighted by Crippen LogP contribution is -2.20. The lowest BCUT2D eigenvalue weighted by Gasteiger charge is -2.11. The van der Waals surface area contributed by atoms with Crippen molar-refractivity contribution >= 4 is 40.7 Å². The number of hydrogen-bond donors (Lipinski definition) is 2. The number of thioether (sulfide) groups is 1. The van der Waals surface area contributed by atoms with Crippen molar-refractivity contribution in [1.82, 2.24) is 10.3 Å². The fraction of sp³-hybridized carbons (Fsp3) is 0.111. The van der Waals surface area contributed by atoms with Crippen LogP contribution in [0.15, 0.2) is 47.5 Å². The molecule has 2 aromatic rings. The summed E-state index contributed by atoms with van der Waals surface area (Å²) in [5.74, 6) is 0.400. The molecule has 1 aliphatic heterocycles. The smallest absolute Gasteiger partial charge is 0.290 e. The third kappa shape index (κ3) is 4.85. The maximum Gasteiger partial charge on any atom is 0.290 e. The van der Waals surface area contributed by atoms with Crippen LogP contribution in [0.3, 0.4) is 0 Å². The summed E-state index contributed by atoms with van der Waals surface area (Å²) in [5.41, 5.74) is 0.657. The van der Waals surface area contributed by atoms with Crippen molar-refractivity contribution in [2.24, 2.45) is 0 Å². The average Bonchev–Trinajstić information content (AvgIpc) is 2.98. The zero-order chi connectivity index (χ0) is 19.2. The number of carbonyl (C=O) groups is 3. The number of aromatic nitrogens is 1. The van der Waals surface area contributed by atoms with Crippen molar-refractivity contribution < 1.29 is 23.9 Å². The largest absolute Gasteiger partial charge is 0.493 e. The molecule has 3 amide bonds. The number of amides is 3. The summed E-state index contributed by atoms with van der Waals surface area (Å²) in [7, 11) is 1.47. The van der Waals surface area contributed by atoms with Crippen LogP contribution in [0.1, 0.15) is 5.56 Å². The predicted molar refractivity (Wildman–Crippen MR) is 100 cm³/mol. The van der Waals surface area contributed by atoms with Gasteiger partial charge in [0.1, 0.15) is 5.82 Å². The summed E-state index contributed by atoms with van der Waals surface area (Å²) < 4.78 is 10.8. The molecule has 0 bridgehead atoms. The number of rotatable bonds is 6. The van der Waals surface area contributed by atoms with E-state index >= 15 is 0 Å². The predicted octanol–water partition coefficient (Wildman–Crippen LogP) is 2.43. The van der Waals surface area contributed by atoms with E-state index in [1.54, 1.807) is 48.7 Å². The highest BCUT2D eigenvalue weighted by Crippen LogP contribution is 2.31. The Morgan fingerprint density at radius 3 is 2.78 bits per heavy atom. The van der Waals surface area contributed by atoms with Crippen LogP contribution in [0.25, 0.3) is 6.08 Å². The number of hydrogen-bond acceptors (Lipinski definition) is 7. The van der Waals surface area contributed by atoms with E-state index in [9.17, 15) is 14.4 Å². The third-order valence-electron chi connectivity index (χ3n) is 3.42. The first-order valence-electron chi connectivity index (χ1n) is 7.82. The van der Waals surface area contributed by atoms with Gasteiger partial charge in [0.2, 0.25) is 0 Å². The molecule has 2 N–H and O–H groups in total. The van der Waals surface area contributed by atoms with Gasteiger partial charge in [-0.3, -0.25) is 19.7 Å². The van der Waals surface area contributed by atoms with Crippen LogP contribution >= 0.6 is 11.8 Å². The molecule has 0 saturated carbocycles. The van der Waals surface area contributed by atoms with Crippen molar-refractivity contribution in [3.05, 3.63) is 53.1 Å². The quantitative estimate of drug-likeness (QED) is 0.736. The normalized spacial score (nSPS) is 14.8. The summed E-state index contributed by atoms with van der Waals surface area (Å²) in [5, 5.41) is 4.40. The number of ether oxygens (including phenoxy) is 2. The molecule has 0 radical (unpaired) electrons. The molecule has 0 atom stereocenters. The fourth-order valence-corrected chi connectivity index (χ4v) is 2.91. The Hall–Kier alpha value is -3.33. The highest BCUT2D eigenvalue weighted by atomic mass is 32.2. The molecule has 2 heterocycles.